The summed E-state index contributed by atoms with van der Waals surface area (Å²) in [6.07, 6.45) is 5.52. The molecule has 27 heavy (non-hydrogen) atoms. The lowest BCUT2D eigenvalue weighted by Gasteiger charge is -2.39. The average Bonchev–Trinajstić information content (AvgIpc) is 3.31. The van der Waals surface area contributed by atoms with E-state index >= 15 is 0 Å². The van der Waals surface area contributed by atoms with Crippen molar-refractivity contribution in [3.05, 3.63) is 34.4 Å². The molecule has 8 heteroatoms. The Morgan fingerprint density at radius 1 is 1.11 bits per heavy atom. The molecule has 2 aliphatic heterocycles. The van der Waals surface area contributed by atoms with E-state index in [9.17, 15) is 0 Å². The lowest BCUT2D eigenvalue weighted by atomic mass is 9.78. The van der Waals surface area contributed by atoms with Gasteiger partial charge in [0.1, 0.15) is 11.3 Å². The molecule has 0 amide bonds. The zero-order chi connectivity index (χ0) is 18.4. The van der Waals surface area contributed by atoms with E-state index < -0.39 is 0 Å². The molecule has 3 aromatic rings. The van der Waals surface area contributed by atoms with Gasteiger partial charge in [-0.25, -0.2) is 9.97 Å². The number of hydrogen-bond acceptors (Lipinski definition) is 5. The molecule has 2 N–H and O–H groups in total. The van der Waals surface area contributed by atoms with Crippen molar-refractivity contribution in [3.8, 4) is 11.3 Å². The molecule has 0 atom stereocenters. The van der Waals surface area contributed by atoms with Crippen LogP contribution in [-0.2, 0) is 0 Å². The molecule has 2 aromatic heterocycles. The molecule has 2 saturated heterocycles. The number of H-pyrrole nitrogens is 1. The lowest BCUT2D eigenvalue weighted by Crippen LogP contribution is -2.41. The zero-order valence-electron chi connectivity index (χ0n) is 14.8. The van der Waals surface area contributed by atoms with Crippen molar-refractivity contribution >= 4 is 40.2 Å². The van der Waals surface area contributed by atoms with Crippen molar-refractivity contribution in [2.45, 2.75) is 19.3 Å². The maximum absolute atomic E-state index is 6.36. The average molecular weight is 403 g/mol. The van der Waals surface area contributed by atoms with Gasteiger partial charge in [-0.05, 0) is 37.3 Å². The van der Waals surface area contributed by atoms with E-state index in [1.807, 2.05) is 18.3 Å². The first-order valence-electron chi connectivity index (χ1n) is 9.26. The van der Waals surface area contributed by atoms with Crippen molar-refractivity contribution in [3.63, 3.8) is 0 Å². The Morgan fingerprint density at radius 3 is 2.74 bits per heavy atom. The van der Waals surface area contributed by atoms with Gasteiger partial charge in [0, 0.05) is 25.2 Å². The summed E-state index contributed by atoms with van der Waals surface area (Å²) < 4.78 is 0. The van der Waals surface area contributed by atoms with Crippen LogP contribution in [0, 0.1) is 5.41 Å². The van der Waals surface area contributed by atoms with Gasteiger partial charge in [-0.15, -0.1) is 0 Å². The number of rotatable bonds is 2. The summed E-state index contributed by atoms with van der Waals surface area (Å²) in [5, 5.41) is 11.9. The Balaban J connectivity index is 1.43. The predicted molar refractivity (Wildman–Crippen MR) is 109 cm³/mol. The summed E-state index contributed by atoms with van der Waals surface area (Å²) in [4.78, 5) is 11.7. The van der Waals surface area contributed by atoms with Crippen LogP contribution in [0.2, 0.25) is 10.0 Å². The van der Waals surface area contributed by atoms with Gasteiger partial charge in [0.05, 0.1) is 21.9 Å². The van der Waals surface area contributed by atoms with E-state index in [-0.39, 0.29) is 0 Å². The highest BCUT2D eigenvalue weighted by atomic mass is 35.5. The Kier molecular flexibility index (Phi) is 4.22. The quantitative estimate of drug-likeness (QED) is 0.679. The summed E-state index contributed by atoms with van der Waals surface area (Å²) in [6.45, 7) is 4.32. The molecule has 0 radical (unpaired) electrons. The molecule has 0 bridgehead atoms. The van der Waals surface area contributed by atoms with Crippen LogP contribution in [0.4, 0.5) is 5.82 Å². The number of aromatic amines is 1. The third-order valence-corrected chi connectivity index (χ3v) is 6.77. The number of benzene rings is 1. The zero-order valence-corrected chi connectivity index (χ0v) is 16.3. The highest BCUT2D eigenvalue weighted by Gasteiger charge is 2.37. The predicted octanol–water partition coefficient (Wildman–Crippen LogP) is 3.91. The standard InChI is InChI=1S/C19H20Cl2N6/c20-13-3-1-2-12(15(13)21)16-17-18(26-25-16)24-14(10-23-17)27-8-5-19(6-9-27)4-7-22-11-19/h1-3,10,22H,4-9,11H2,(H,24,25,26). The minimum Gasteiger partial charge on any atom is -0.355 e. The van der Waals surface area contributed by atoms with Crippen LogP contribution in [0.15, 0.2) is 24.4 Å². The molecular formula is C19H20Cl2N6. The minimum atomic E-state index is 0.483. The normalized spacial score (nSPS) is 19.3. The van der Waals surface area contributed by atoms with E-state index in [4.69, 9.17) is 28.2 Å². The number of hydrogen-bond donors (Lipinski definition) is 2. The van der Waals surface area contributed by atoms with Gasteiger partial charge in [0.15, 0.2) is 0 Å². The van der Waals surface area contributed by atoms with Crippen molar-refractivity contribution in [2.75, 3.05) is 31.1 Å². The van der Waals surface area contributed by atoms with E-state index in [1.54, 1.807) is 6.07 Å². The number of piperidine rings is 1. The number of halogens is 2. The summed E-state index contributed by atoms with van der Waals surface area (Å²) in [7, 11) is 0. The van der Waals surface area contributed by atoms with E-state index in [1.165, 1.54) is 19.3 Å². The molecule has 4 heterocycles. The summed E-state index contributed by atoms with van der Waals surface area (Å²) in [5.74, 6) is 0.888. The second-order valence-corrected chi connectivity index (χ2v) is 8.30. The van der Waals surface area contributed by atoms with Crippen molar-refractivity contribution < 1.29 is 0 Å². The van der Waals surface area contributed by atoms with Gasteiger partial charge in [0.2, 0.25) is 5.65 Å². The van der Waals surface area contributed by atoms with Gasteiger partial charge in [-0.1, -0.05) is 35.3 Å². The van der Waals surface area contributed by atoms with Crippen LogP contribution < -0.4 is 10.2 Å². The molecule has 0 unspecified atom stereocenters. The maximum Gasteiger partial charge on any atom is 0.202 e. The van der Waals surface area contributed by atoms with Crippen LogP contribution in [-0.4, -0.2) is 46.3 Å². The Labute approximate surface area is 167 Å². The molecule has 6 nitrogen and oxygen atoms in total. The molecule has 0 aliphatic carbocycles. The Hall–Kier alpha value is -1.89. The summed E-state index contributed by atoms with van der Waals surface area (Å²) in [6, 6.07) is 5.52. The molecule has 140 valence electrons. The first kappa shape index (κ1) is 17.2. The van der Waals surface area contributed by atoms with Crippen molar-refractivity contribution in [2.24, 2.45) is 5.41 Å². The molecule has 1 aromatic carbocycles. The fourth-order valence-electron chi connectivity index (χ4n) is 4.26. The molecule has 2 aliphatic rings. The second kappa shape index (κ2) is 6.62. The SMILES string of the molecule is Clc1cccc(-c2[nH]nc3nc(N4CCC5(CCNC5)CC4)cnc23)c1Cl. The molecular weight excluding hydrogens is 383 g/mol. The second-order valence-electron chi connectivity index (χ2n) is 7.51. The smallest absolute Gasteiger partial charge is 0.202 e. The number of nitrogens with zero attached hydrogens (tertiary/aromatic N) is 4. The third kappa shape index (κ3) is 2.96. The van der Waals surface area contributed by atoms with E-state index in [0.717, 1.165) is 43.3 Å². The van der Waals surface area contributed by atoms with Gasteiger partial charge in [0.25, 0.3) is 0 Å². The van der Waals surface area contributed by atoms with Crippen LogP contribution in [0.1, 0.15) is 19.3 Å². The van der Waals surface area contributed by atoms with Crippen LogP contribution in [0.3, 0.4) is 0 Å². The van der Waals surface area contributed by atoms with Crippen molar-refractivity contribution in [1.29, 1.82) is 0 Å². The van der Waals surface area contributed by atoms with Crippen LogP contribution in [0.5, 0.6) is 0 Å². The molecule has 5 rings (SSSR count). The first-order chi connectivity index (χ1) is 13.2. The van der Waals surface area contributed by atoms with E-state index in [0.29, 0.717) is 26.6 Å². The van der Waals surface area contributed by atoms with Crippen LogP contribution >= 0.6 is 23.2 Å². The largest absolute Gasteiger partial charge is 0.355 e. The summed E-state index contributed by atoms with van der Waals surface area (Å²) >= 11 is 12.5. The highest BCUT2D eigenvalue weighted by Crippen LogP contribution is 2.38. The summed E-state index contributed by atoms with van der Waals surface area (Å²) in [5.41, 5.74) is 3.31. The van der Waals surface area contributed by atoms with Gasteiger partial charge in [-0.2, -0.15) is 5.10 Å². The molecule has 2 fully saturated rings. The molecule has 0 saturated carbocycles. The van der Waals surface area contributed by atoms with Gasteiger partial charge in [-0.3, -0.25) is 5.10 Å². The maximum atomic E-state index is 6.36. The topological polar surface area (TPSA) is 69.7 Å². The van der Waals surface area contributed by atoms with Gasteiger partial charge >= 0.3 is 0 Å². The van der Waals surface area contributed by atoms with Gasteiger partial charge < -0.3 is 10.2 Å². The number of anilines is 1. The monoisotopic (exact) mass is 402 g/mol. The fourth-order valence-corrected chi connectivity index (χ4v) is 4.65. The van der Waals surface area contributed by atoms with E-state index in [2.05, 4.69) is 25.4 Å². The fraction of sp³-hybridized carbons (Fsp3) is 0.421. The molecule has 1 spiro atoms. The number of aromatic nitrogens is 4. The lowest BCUT2D eigenvalue weighted by molar-refractivity contribution is 0.247. The minimum absolute atomic E-state index is 0.483. The number of nitrogens with one attached hydrogen (secondary N) is 2. The Morgan fingerprint density at radius 2 is 1.96 bits per heavy atom. The van der Waals surface area contributed by atoms with Crippen LogP contribution in [0.25, 0.3) is 22.4 Å². The third-order valence-electron chi connectivity index (χ3n) is 5.95. The highest BCUT2D eigenvalue weighted by molar-refractivity contribution is 6.43. The number of fused-ring (bicyclic) bond motifs is 1. The first-order valence-corrected chi connectivity index (χ1v) is 10.0. The Bertz CT molecular complexity index is 985. The van der Waals surface area contributed by atoms with Crippen molar-refractivity contribution in [1.82, 2.24) is 25.5 Å².